The second kappa shape index (κ2) is 7.84. The summed E-state index contributed by atoms with van der Waals surface area (Å²) in [7, 11) is -4.18. The van der Waals surface area contributed by atoms with Crippen molar-refractivity contribution in [3.05, 3.63) is 75.3 Å². The van der Waals surface area contributed by atoms with Crippen LogP contribution in [-0.2, 0) is 10.0 Å². The van der Waals surface area contributed by atoms with Crippen LogP contribution < -0.4 is 10.3 Å². The van der Waals surface area contributed by atoms with Crippen molar-refractivity contribution in [2.75, 3.05) is 0 Å². The third kappa shape index (κ3) is 4.39. The molecule has 0 unspecified atom stereocenters. The lowest BCUT2D eigenvalue weighted by Crippen LogP contribution is -2.41. The lowest BCUT2D eigenvalue weighted by molar-refractivity contribution is -0.385. The summed E-state index contributed by atoms with van der Waals surface area (Å²) in [6.07, 6.45) is 0. The van der Waals surface area contributed by atoms with Gasteiger partial charge in [-0.25, -0.2) is 13.4 Å². The number of thiazole rings is 1. The summed E-state index contributed by atoms with van der Waals surface area (Å²) in [6, 6.07) is 12.1. The van der Waals surface area contributed by atoms with Crippen LogP contribution in [0.1, 0.15) is 16.1 Å². The maximum atomic E-state index is 12.2. The van der Waals surface area contributed by atoms with Gasteiger partial charge >= 0.3 is 0 Å². The molecule has 11 heteroatoms. The quantitative estimate of drug-likeness (QED) is 0.467. The summed E-state index contributed by atoms with van der Waals surface area (Å²) in [4.78, 5) is 28.0. The molecule has 28 heavy (non-hydrogen) atoms. The Morgan fingerprint density at radius 2 is 1.89 bits per heavy atom. The van der Waals surface area contributed by atoms with E-state index in [4.69, 9.17) is 0 Å². The monoisotopic (exact) mass is 418 g/mol. The molecule has 2 aromatic carbocycles. The third-order valence-corrected chi connectivity index (χ3v) is 5.81. The molecule has 0 spiro atoms. The number of hydrazine groups is 1. The van der Waals surface area contributed by atoms with Crippen LogP contribution in [0.5, 0.6) is 0 Å². The summed E-state index contributed by atoms with van der Waals surface area (Å²) < 4.78 is 24.5. The molecular formula is C17H14N4O5S2. The van der Waals surface area contributed by atoms with Crippen LogP contribution in [-0.4, -0.2) is 24.2 Å². The fourth-order valence-corrected chi connectivity index (χ4v) is 3.89. The van der Waals surface area contributed by atoms with Gasteiger partial charge in [-0.2, -0.15) is 0 Å². The Hall–Kier alpha value is -3.15. The highest BCUT2D eigenvalue weighted by Crippen LogP contribution is 2.24. The number of amides is 1. The summed E-state index contributed by atoms with van der Waals surface area (Å²) in [5.41, 5.74) is 3.65. The van der Waals surface area contributed by atoms with Gasteiger partial charge in [0.2, 0.25) is 0 Å². The van der Waals surface area contributed by atoms with Crippen molar-refractivity contribution in [3.63, 3.8) is 0 Å². The summed E-state index contributed by atoms with van der Waals surface area (Å²) in [5, 5.41) is 12.9. The first-order chi connectivity index (χ1) is 13.3. The van der Waals surface area contributed by atoms with Gasteiger partial charge < -0.3 is 0 Å². The molecule has 3 aromatic rings. The molecule has 0 aliphatic heterocycles. The molecule has 0 fully saturated rings. The van der Waals surface area contributed by atoms with Gasteiger partial charge in [-0.1, -0.05) is 35.9 Å². The summed E-state index contributed by atoms with van der Waals surface area (Å²) >= 11 is 1.25. The Kier molecular flexibility index (Phi) is 5.49. The van der Waals surface area contributed by atoms with Crippen LogP contribution in [0.25, 0.3) is 10.6 Å². The zero-order valence-electron chi connectivity index (χ0n) is 14.4. The first kappa shape index (κ1) is 19.6. The van der Waals surface area contributed by atoms with Crippen LogP contribution in [0.15, 0.2) is 58.8 Å². The van der Waals surface area contributed by atoms with E-state index in [1.165, 1.54) is 34.9 Å². The molecule has 0 aliphatic rings. The van der Waals surface area contributed by atoms with E-state index in [2.05, 4.69) is 10.4 Å². The molecule has 9 nitrogen and oxygen atoms in total. The molecule has 1 amide bonds. The van der Waals surface area contributed by atoms with E-state index in [-0.39, 0.29) is 16.3 Å². The molecular weight excluding hydrogens is 404 g/mol. The van der Waals surface area contributed by atoms with Gasteiger partial charge in [-0.15, -0.1) is 16.2 Å². The molecule has 2 N–H and O–H groups in total. The largest absolute Gasteiger partial charge is 0.285 e. The first-order valence-corrected chi connectivity index (χ1v) is 10.2. The number of nitro benzene ring substituents is 1. The minimum atomic E-state index is -4.18. The maximum absolute atomic E-state index is 12.2. The van der Waals surface area contributed by atoms with Crippen molar-refractivity contribution in [2.24, 2.45) is 0 Å². The number of nitrogens with zero attached hydrogens (tertiary/aromatic N) is 2. The molecule has 1 heterocycles. The Labute approximate surface area is 164 Å². The predicted molar refractivity (Wildman–Crippen MR) is 103 cm³/mol. The second-order valence-electron chi connectivity index (χ2n) is 5.72. The zero-order chi connectivity index (χ0) is 20.3. The number of hydrogen-bond donors (Lipinski definition) is 2. The van der Waals surface area contributed by atoms with Crippen LogP contribution in [0, 0.1) is 17.0 Å². The maximum Gasteiger partial charge on any atom is 0.285 e. The molecule has 0 saturated carbocycles. The number of non-ortho nitro benzene ring substituents is 1. The van der Waals surface area contributed by atoms with Gasteiger partial charge in [0.1, 0.15) is 10.7 Å². The summed E-state index contributed by atoms with van der Waals surface area (Å²) in [6.45, 7) is 1.96. The zero-order valence-corrected chi connectivity index (χ0v) is 16.1. The van der Waals surface area contributed by atoms with Crippen molar-refractivity contribution in [3.8, 4) is 10.6 Å². The van der Waals surface area contributed by atoms with E-state index in [1.54, 1.807) is 0 Å². The van der Waals surface area contributed by atoms with Gasteiger partial charge in [0.15, 0.2) is 0 Å². The molecule has 3 rings (SSSR count). The van der Waals surface area contributed by atoms with Gasteiger partial charge in [0.25, 0.3) is 21.6 Å². The third-order valence-electron chi connectivity index (χ3n) is 3.67. The number of aromatic nitrogens is 1. The number of rotatable bonds is 6. The number of nitro groups is 1. The fourth-order valence-electron chi connectivity index (χ4n) is 2.21. The average molecular weight is 418 g/mol. The lowest BCUT2D eigenvalue weighted by Gasteiger charge is -2.07. The highest BCUT2D eigenvalue weighted by atomic mass is 32.2. The highest BCUT2D eigenvalue weighted by Gasteiger charge is 2.20. The summed E-state index contributed by atoms with van der Waals surface area (Å²) in [5.74, 6) is -0.747. The molecule has 1 aromatic heterocycles. The Morgan fingerprint density at radius 1 is 1.18 bits per heavy atom. The Balaban J connectivity index is 1.71. The molecule has 0 atom stereocenters. The van der Waals surface area contributed by atoms with Crippen LogP contribution in [0.2, 0.25) is 0 Å². The van der Waals surface area contributed by atoms with Crippen LogP contribution in [0.3, 0.4) is 0 Å². The van der Waals surface area contributed by atoms with E-state index >= 15 is 0 Å². The smallest absolute Gasteiger partial charge is 0.272 e. The van der Waals surface area contributed by atoms with E-state index in [0.29, 0.717) is 5.01 Å². The van der Waals surface area contributed by atoms with Crippen molar-refractivity contribution in [2.45, 2.75) is 11.8 Å². The predicted octanol–water partition coefficient (Wildman–Crippen LogP) is 2.65. The minimum absolute atomic E-state index is 0.0438. The topological polar surface area (TPSA) is 131 Å². The molecule has 144 valence electrons. The number of carbonyl (C=O) groups excluding carboxylic acids is 1. The normalized spacial score (nSPS) is 11.2. The molecule has 0 aliphatic carbocycles. The Morgan fingerprint density at radius 3 is 2.57 bits per heavy atom. The number of nitrogens with one attached hydrogen (secondary N) is 2. The van der Waals surface area contributed by atoms with Gasteiger partial charge in [-0.3, -0.25) is 20.3 Å². The van der Waals surface area contributed by atoms with E-state index < -0.39 is 20.9 Å². The highest BCUT2D eigenvalue weighted by molar-refractivity contribution is 7.89. The van der Waals surface area contributed by atoms with Crippen molar-refractivity contribution in [1.82, 2.24) is 15.2 Å². The van der Waals surface area contributed by atoms with Crippen LogP contribution >= 0.6 is 11.3 Å². The molecule has 0 radical (unpaired) electrons. The lowest BCUT2D eigenvalue weighted by atomic mass is 10.2. The SMILES string of the molecule is Cc1ccc(-c2nc(C(=O)NNS(=O)(=O)c3cccc([N+](=O)[O-])c3)cs2)cc1. The first-order valence-electron chi connectivity index (χ1n) is 7.85. The number of benzene rings is 2. The van der Waals surface area contributed by atoms with Crippen molar-refractivity contribution < 1.29 is 18.1 Å². The van der Waals surface area contributed by atoms with Gasteiger partial charge in [-0.05, 0) is 13.0 Å². The van der Waals surface area contributed by atoms with E-state index in [0.717, 1.165) is 17.2 Å². The number of hydrogen-bond acceptors (Lipinski definition) is 7. The number of sulfonamides is 1. The standard InChI is InChI=1S/C17H14N4O5S2/c1-11-5-7-12(8-6-11)17-18-15(10-27-17)16(22)19-20-28(25,26)14-4-2-3-13(9-14)21(23)24/h2-10,20H,1H3,(H,19,22). The second-order valence-corrected chi connectivity index (χ2v) is 8.26. The molecule has 0 bridgehead atoms. The number of aryl methyl sites for hydroxylation is 1. The Bertz CT molecular complexity index is 1140. The van der Waals surface area contributed by atoms with E-state index in [1.807, 2.05) is 36.0 Å². The van der Waals surface area contributed by atoms with Crippen molar-refractivity contribution in [1.29, 1.82) is 0 Å². The van der Waals surface area contributed by atoms with Gasteiger partial charge in [0, 0.05) is 23.1 Å². The average Bonchev–Trinajstić information content (AvgIpc) is 3.17. The number of carbonyl (C=O) groups is 1. The molecule has 0 saturated heterocycles. The van der Waals surface area contributed by atoms with Gasteiger partial charge in [0.05, 0.1) is 9.82 Å². The van der Waals surface area contributed by atoms with Crippen LogP contribution in [0.4, 0.5) is 5.69 Å². The van der Waals surface area contributed by atoms with E-state index in [9.17, 15) is 23.3 Å². The minimum Gasteiger partial charge on any atom is -0.272 e. The van der Waals surface area contributed by atoms with Crippen molar-refractivity contribution >= 4 is 33.0 Å². The fraction of sp³-hybridized carbons (Fsp3) is 0.0588.